The Kier molecular flexibility index (Phi) is 5.52. The molecule has 0 unspecified atom stereocenters. The lowest BCUT2D eigenvalue weighted by molar-refractivity contribution is -0.909. The van der Waals surface area contributed by atoms with E-state index in [9.17, 15) is 4.79 Å². The standard InChI is InChI=1S/C19H35N3O2/c1-18(2)15-5-6-16(13-15)19(18,3)21-17(23)14-20-7-4-8-22-9-11-24-12-10-22/h15-16,20H,4-14H2,1-3H3,(H,21,23)/p+2/t15-,16-,19-/m1/s1. The van der Waals surface area contributed by atoms with E-state index in [4.69, 9.17) is 4.74 Å². The Morgan fingerprint density at radius 1 is 1.21 bits per heavy atom. The van der Waals surface area contributed by atoms with Gasteiger partial charge in [0.05, 0.1) is 26.3 Å². The summed E-state index contributed by atoms with van der Waals surface area (Å²) in [6.45, 7) is 13.9. The van der Waals surface area contributed by atoms with Crippen molar-refractivity contribution in [1.82, 2.24) is 5.32 Å². The molecule has 0 spiro atoms. The molecule has 1 amide bonds. The first-order valence-electron chi connectivity index (χ1n) is 9.97. The third-order valence-electron chi connectivity index (χ3n) is 7.48. The largest absolute Gasteiger partial charge is 0.370 e. The van der Waals surface area contributed by atoms with E-state index in [1.165, 1.54) is 32.2 Å². The second-order valence-electron chi connectivity index (χ2n) is 8.93. The number of nitrogens with two attached hydrogens (primary N) is 1. The summed E-state index contributed by atoms with van der Waals surface area (Å²) in [6, 6.07) is 0. The van der Waals surface area contributed by atoms with Crippen LogP contribution >= 0.6 is 0 Å². The summed E-state index contributed by atoms with van der Waals surface area (Å²) in [7, 11) is 0. The van der Waals surface area contributed by atoms with Crippen LogP contribution in [0.25, 0.3) is 0 Å². The smallest absolute Gasteiger partial charge is 0.275 e. The molecule has 5 heteroatoms. The minimum atomic E-state index is -0.0151. The topological polar surface area (TPSA) is 59.4 Å². The van der Waals surface area contributed by atoms with E-state index in [1.54, 1.807) is 4.90 Å². The van der Waals surface area contributed by atoms with Crippen LogP contribution in [0.15, 0.2) is 0 Å². The summed E-state index contributed by atoms with van der Waals surface area (Å²) in [5, 5.41) is 5.60. The highest BCUT2D eigenvalue weighted by molar-refractivity contribution is 5.77. The quantitative estimate of drug-likeness (QED) is 0.531. The summed E-state index contributed by atoms with van der Waals surface area (Å²) < 4.78 is 5.39. The number of hydrogen-bond acceptors (Lipinski definition) is 2. The molecule has 1 heterocycles. The van der Waals surface area contributed by atoms with E-state index in [2.05, 4.69) is 31.4 Å². The predicted octanol–water partition coefficient (Wildman–Crippen LogP) is -0.814. The maximum atomic E-state index is 12.5. The molecule has 0 aromatic rings. The fourth-order valence-electron chi connectivity index (χ4n) is 5.35. The van der Waals surface area contributed by atoms with Gasteiger partial charge in [-0.3, -0.25) is 4.79 Å². The lowest BCUT2D eigenvalue weighted by Gasteiger charge is -2.48. The van der Waals surface area contributed by atoms with E-state index in [0.29, 0.717) is 12.5 Å². The van der Waals surface area contributed by atoms with Crippen LogP contribution in [0.2, 0.25) is 0 Å². The number of amides is 1. The molecule has 24 heavy (non-hydrogen) atoms. The first-order chi connectivity index (χ1) is 11.4. The zero-order chi connectivity index (χ0) is 17.2. The van der Waals surface area contributed by atoms with E-state index < -0.39 is 0 Å². The van der Waals surface area contributed by atoms with Crippen molar-refractivity contribution in [2.45, 2.75) is 52.0 Å². The minimum Gasteiger partial charge on any atom is -0.370 e. The minimum absolute atomic E-state index is 0.0151. The number of fused-ring (bicyclic) bond motifs is 2. The Morgan fingerprint density at radius 2 is 1.92 bits per heavy atom. The summed E-state index contributed by atoms with van der Waals surface area (Å²) in [4.78, 5) is 14.1. The van der Waals surface area contributed by atoms with Gasteiger partial charge in [-0.05, 0) is 43.4 Å². The van der Waals surface area contributed by atoms with Crippen LogP contribution in [-0.2, 0) is 9.53 Å². The molecule has 3 rings (SSSR count). The van der Waals surface area contributed by atoms with Crippen molar-refractivity contribution in [2.75, 3.05) is 45.9 Å². The Labute approximate surface area is 146 Å². The molecule has 2 saturated carbocycles. The van der Waals surface area contributed by atoms with Crippen molar-refractivity contribution in [3.05, 3.63) is 0 Å². The number of nitrogens with one attached hydrogen (secondary N) is 2. The van der Waals surface area contributed by atoms with Gasteiger partial charge in [0.2, 0.25) is 0 Å². The van der Waals surface area contributed by atoms with Crippen LogP contribution in [0.3, 0.4) is 0 Å². The van der Waals surface area contributed by atoms with Crippen LogP contribution in [0.5, 0.6) is 0 Å². The van der Waals surface area contributed by atoms with Gasteiger partial charge in [-0.1, -0.05) is 13.8 Å². The molecule has 4 N–H and O–H groups in total. The monoisotopic (exact) mass is 339 g/mol. The SMILES string of the molecule is CC1(C)[C@@H]2CC[C@H](C2)[C@@]1(C)NC(=O)C[NH2+]CCC[NH+]1CCOCC1. The van der Waals surface area contributed by atoms with Crippen LogP contribution in [0.4, 0.5) is 0 Å². The van der Waals surface area contributed by atoms with Crippen molar-refractivity contribution in [1.29, 1.82) is 0 Å². The molecule has 1 saturated heterocycles. The average molecular weight is 340 g/mol. The van der Waals surface area contributed by atoms with Gasteiger partial charge in [-0.2, -0.15) is 0 Å². The third-order valence-corrected chi connectivity index (χ3v) is 7.48. The molecule has 3 fully saturated rings. The number of quaternary nitrogens is 2. The van der Waals surface area contributed by atoms with Gasteiger partial charge in [-0.15, -0.1) is 0 Å². The first-order valence-corrected chi connectivity index (χ1v) is 9.97. The summed E-state index contributed by atoms with van der Waals surface area (Å²) in [5.41, 5.74) is 0.212. The lowest BCUT2D eigenvalue weighted by atomic mass is 9.64. The second kappa shape index (κ2) is 7.30. The molecule has 0 aromatic carbocycles. The zero-order valence-electron chi connectivity index (χ0n) is 15.8. The van der Waals surface area contributed by atoms with Crippen LogP contribution in [0, 0.1) is 17.3 Å². The van der Waals surface area contributed by atoms with Gasteiger partial charge < -0.3 is 20.3 Å². The molecule has 138 valence electrons. The van der Waals surface area contributed by atoms with Gasteiger partial charge in [0, 0.05) is 12.0 Å². The fraction of sp³-hybridized carbons (Fsp3) is 0.947. The highest BCUT2D eigenvalue weighted by Gasteiger charge is 2.60. The fourth-order valence-corrected chi connectivity index (χ4v) is 5.35. The number of rotatable bonds is 7. The molecular formula is C19H37N3O2+2. The Balaban J connectivity index is 1.35. The third kappa shape index (κ3) is 3.49. The van der Waals surface area contributed by atoms with E-state index in [-0.39, 0.29) is 16.9 Å². The van der Waals surface area contributed by atoms with E-state index in [0.717, 1.165) is 38.8 Å². The number of hydrogen-bond donors (Lipinski definition) is 3. The van der Waals surface area contributed by atoms with Crippen molar-refractivity contribution >= 4 is 5.91 Å². The molecule has 0 aromatic heterocycles. The van der Waals surface area contributed by atoms with Crippen molar-refractivity contribution in [3.8, 4) is 0 Å². The van der Waals surface area contributed by atoms with Crippen molar-refractivity contribution in [3.63, 3.8) is 0 Å². The Bertz CT molecular complexity index is 448. The van der Waals surface area contributed by atoms with Gasteiger partial charge in [0.15, 0.2) is 6.54 Å². The van der Waals surface area contributed by atoms with Crippen molar-refractivity contribution < 1.29 is 19.7 Å². The van der Waals surface area contributed by atoms with Crippen LogP contribution in [-0.4, -0.2) is 57.4 Å². The Morgan fingerprint density at radius 3 is 2.58 bits per heavy atom. The maximum absolute atomic E-state index is 12.5. The molecule has 3 aliphatic rings. The highest BCUT2D eigenvalue weighted by Crippen LogP contribution is 2.61. The van der Waals surface area contributed by atoms with Crippen LogP contribution in [0.1, 0.15) is 46.5 Å². The van der Waals surface area contributed by atoms with Crippen molar-refractivity contribution in [2.24, 2.45) is 17.3 Å². The predicted molar refractivity (Wildman–Crippen MR) is 93.8 cm³/mol. The normalized spacial score (nSPS) is 35.3. The van der Waals surface area contributed by atoms with Gasteiger partial charge in [-0.25, -0.2) is 0 Å². The number of morpholine rings is 1. The molecule has 1 aliphatic heterocycles. The molecule has 3 atom stereocenters. The highest BCUT2D eigenvalue weighted by atomic mass is 16.5. The van der Waals surface area contributed by atoms with Crippen LogP contribution < -0.4 is 15.5 Å². The summed E-state index contributed by atoms with van der Waals surface area (Å²) >= 11 is 0. The van der Waals surface area contributed by atoms with E-state index >= 15 is 0 Å². The van der Waals surface area contributed by atoms with Gasteiger partial charge in [0.25, 0.3) is 5.91 Å². The molecule has 5 nitrogen and oxygen atoms in total. The molecule has 2 bridgehead atoms. The number of carbonyl (C=O) groups is 1. The van der Waals surface area contributed by atoms with E-state index in [1.807, 2.05) is 0 Å². The second-order valence-corrected chi connectivity index (χ2v) is 8.93. The summed E-state index contributed by atoms with van der Waals surface area (Å²) in [6.07, 6.45) is 5.11. The molecule has 0 radical (unpaired) electrons. The first kappa shape index (κ1) is 18.2. The number of carbonyl (C=O) groups excluding carboxylic acids is 1. The average Bonchev–Trinajstić information content (AvgIpc) is 3.11. The zero-order valence-corrected chi connectivity index (χ0v) is 15.8. The molecular weight excluding hydrogens is 302 g/mol. The number of ether oxygens (including phenoxy) is 1. The van der Waals surface area contributed by atoms with Gasteiger partial charge in [0.1, 0.15) is 13.1 Å². The Hall–Kier alpha value is -0.650. The molecule has 2 aliphatic carbocycles. The van der Waals surface area contributed by atoms with Gasteiger partial charge >= 0.3 is 0 Å². The lowest BCUT2D eigenvalue weighted by Crippen LogP contribution is -3.14. The maximum Gasteiger partial charge on any atom is 0.275 e. The summed E-state index contributed by atoms with van der Waals surface area (Å²) in [5.74, 6) is 1.68.